The van der Waals surface area contributed by atoms with Crippen molar-refractivity contribution in [1.29, 1.82) is 0 Å². The van der Waals surface area contributed by atoms with Crippen LogP contribution in [0.4, 0.5) is 34.1 Å². The first kappa shape index (κ1) is 28.0. The van der Waals surface area contributed by atoms with Gasteiger partial charge in [0.05, 0.1) is 31.5 Å². The van der Waals surface area contributed by atoms with Crippen molar-refractivity contribution < 1.29 is 41.8 Å². The molecule has 2 heterocycles. The number of nitrogens with one attached hydrogen (secondary N) is 4. The predicted octanol–water partition coefficient (Wildman–Crippen LogP) is 1.53. The zero-order valence-corrected chi connectivity index (χ0v) is 20.3. The van der Waals surface area contributed by atoms with Crippen LogP contribution in [0, 0.1) is 17.6 Å². The number of cyclic esters (lactones) is 1. The summed E-state index contributed by atoms with van der Waals surface area (Å²) in [6.45, 7) is 1.14. The van der Waals surface area contributed by atoms with E-state index in [-0.39, 0.29) is 37.4 Å². The molecule has 1 fully saturated rings. The second-order valence-corrected chi connectivity index (χ2v) is 8.03. The van der Waals surface area contributed by atoms with E-state index >= 15 is 0 Å². The van der Waals surface area contributed by atoms with E-state index in [2.05, 4.69) is 31.0 Å². The number of anilines is 2. The average molecular weight is 538 g/mol. The summed E-state index contributed by atoms with van der Waals surface area (Å²) in [6, 6.07) is 3.44. The van der Waals surface area contributed by atoms with Crippen LogP contribution in [0.2, 0.25) is 0 Å². The second-order valence-electron chi connectivity index (χ2n) is 8.03. The molecular weight excluding hydrogens is 513 g/mol. The number of rotatable bonds is 10. The van der Waals surface area contributed by atoms with E-state index in [0.29, 0.717) is 0 Å². The summed E-state index contributed by atoms with van der Waals surface area (Å²) < 4.78 is 52.3. The van der Waals surface area contributed by atoms with Gasteiger partial charge in [0, 0.05) is 31.4 Å². The van der Waals surface area contributed by atoms with E-state index in [1.54, 1.807) is 0 Å². The molecule has 2 atom stereocenters. The summed E-state index contributed by atoms with van der Waals surface area (Å²) in [7, 11) is 1.17. The van der Waals surface area contributed by atoms with Crippen molar-refractivity contribution in [1.82, 2.24) is 20.9 Å². The topological polar surface area (TPSA) is 151 Å². The Morgan fingerprint density at radius 3 is 2.55 bits per heavy atom. The predicted molar refractivity (Wildman–Crippen MR) is 127 cm³/mol. The number of aromatic nitrogens is 1. The van der Waals surface area contributed by atoms with Crippen molar-refractivity contribution in [2.75, 3.05) is 43.5 Å². The number of benzene rings is 1. The van der Waals surface area contributed by atoms with Crippen molar-refractivity contribution in [3.05, 3.63) is 53.6 Å². The highest BCUT2D eigenvalue weighted by Gasteiger charge is 2.33. The molecule has 1 saturated heterocycles. The minimum atomic E-state index is -1.03. The summed E-state index contributed by atoms with van der Waals surface area (Å²) in [5.74, 6) is -4.39. The van der Waals surface area contributed by atoms with E-state index in [9.17, 15) is 32.3 Å². The number of amides is 4. The van der Waals surface area contributed by atoms with Gasteiger partial charge < -0.3 is 30.7 Å². The average Bonchev–Trinajstić information content (AvgIpc) is 3.26. The lowest BCUT2D eigenvalue weighted by Gasteiger charge is -2.17. The summed E-state index contributed by atoms with van der Waals surface area (Å²) in [5.41, 5.74) is -0.884. The van der Waals surface area contributed by atoms with Crippen LogP contribution in [-0.2, 0) is 14.3 Å². The lowest BCUT2D eigenvalue weighted by atomic mass is 10.2. The number of pyridine rings is 1. The van der Waals surface area contributed by atoms with Crippen LogP contribution in [0.3, 0.4) is 0 Å². The molecule has 1 aromatic heterocycles. The van der Waals surface area contributed by atoms with Crippen molar-refractivity contribution >= 4 is 35.4 Å². The van der Waals surface area contributed by atoms with Crippen molar-refractivity contribution in [3.63, 3.8) is 0 Å². The van der Waals surface area contributed by atoms with Crippen LogP contribution >= 0.6 is 0 Å². The van der Waals surface area contributed by atoms with Crippen molar-refractivity contribution in [2.24, 2.45) is 0 Å². The lowest BCUT2D eigenvalue weighted by molar-refractivity contribution is -0.122. The van der Waals surface area contributed by atoms with Crippen LogP contribution in [-0.4, -0.2) is 74.4 Å². The summed E-state index contributed by atoms with van der Waals surface area (Å²) in [4.78, 5) is 51.9. The molecule has 0 aliphatic carbocycles. The smallest absolute Gasteiger partial charge is 0.414 e. The van der Waals surface area contributed by atoms with Crippen LogP contribution < -0.4 is 26.2 Å². The Bertz CT molecular complexity index is 1190. The van der Waals surface area contributed by atoms with Gasteiger partial charge in [-0.15, -0.1) is 0 Å². The fourth-order valence-corrected chi connectivity index (χ4v) is 3.41. The molecule has 3 rings (SSSR count). The lowest BCUT2D eigenvalue weighted by Crippen LogP contribution is -2.46. The molecule has 0 spiro atoms. The third kappa shape index (κ3) is 7.02. The highest BCUT2D eigenvalue weighted by Crippen LogP contribution is 2.28. The molecule has 38 heavy (non-hydrogen) atoms. The molecule has 4 N–H and O–H groups in total. The first-order valence-corrected chi connectivity index (χ1v) is 11.3. The molecule has 1 aromatic carbocycles. The van der Waals surface area contributed by atoms with E-state index in [1.165, 1.54) is 32.4 Å². The van der Waals surface area contributed by atoms with Gasteiger partial charge in [-0.1, -0.05) is 0 Å². The fourth-order valence-electron chi connectivity index (χ4n) is 3.41. The minimum Gasteiger partial charge on any atom is -0.453 e. The van der Waals surface area contributed by atoms with Gasteiger partial charge in [0.1, 0.15) is 17.8 Å². The Hall–Kier alpha value is -4.56. The zero-order valence-electron chi connectivity index (χ0n) is 20.3. The van der Waals surface area contributed by atoms with Gasteiger partial charge in [-0.3, -0.25) is 14.5 Å². The zero-order chi connectivity index (χ0) is 27.8. The summed E-state index contributed by atoms with van der Waals surface area (Å²) in [6.07, 6.45) is -1.12. The molecule has 0 unspecified atom stereocenters. The van der Waals surface area contributed by atoms with E-state index < -0.39 is 59.4 Å². The Morgan fingerprint density at radius 2 is 1.89 bits per heavy atom. The minimum absolute atomic E-state index is 0.0477. The van der Waals surface area contributed by atoms with E-state index in [0.717, 1.165) is 17.0 Å². The van der Waals surface area contributed by atoms with E-state index in [4.69, 9.17) is 4.74 Å². The Balaban J connectivity index is 1.49. The SMILES string of the molecule is COC(=O)NC[C@H]1CN(c2cc(F)c(NCCNC(=O)[C@H](C)NC(=O)c3cccnc3F)c(F)c2)C(=O)O1. The number of hydrogen-bond acceptors (Lipinski definition) is 8. The normalized spacial score (nSPS) is 15.3. The number of carbonyl (C=O) groups is 4. The van der Waals surface area contributed by atoms with Gasteiger partial charge >= 0.3 is 12.2 Å². The number of hydrogen-bond donors (Lipinski definition) is 4. The molecule has 15 heteroatoms. The molecule has 2 aromatic rings. The van der Waals surface area contributed by atoms with Gasteiger partial charge in [0.25, 0.3) is 5.91 Å². The fraction of sp³-hybridized carbons (Fsp3) is 0.348. The van der Waals surface area contributed by atoms with E-state index in [1.807, 2.05) is 0 Å². The van der Waals surface area contributed by atoms with Crippen LogP contribution in [0.1, 0.15) is 17.3 Å². The van der Waals surface area contributed by atoms with Gasteiger partial charge in [-0.05, 0) is 19.1 Å². The quantitative estimate of drug-likeness (QED) is 0.263. The maximum absolute atomic E-state index is 14.6. The van der Waals surface area contributed by atoms with Gasteiger partial charge in [-0.25, -0.2) is 23.4 Å². The van der Waals surface area contributed by atoms with Gasteiger partial charge in [0.2, 0.25) is 11.9 Å². The van der Waals surface area contributed by atoms with Crippen LogP contribution in [0.25, 0.3) is 0 Å². The number of nitrogens with zero attached hydrogens (tertiary/aromatic N) is 2. The maximum Gasteiger partial charge on any atom is 0.414 e. The molecule has 1 aliphatic heterocycles. The number of carbonyl (C=O) groups excluding carboxylic acids is 4. The summed E-state index contributed by atoms with van der Waals surface area (Å²) in [5, 5.41) is 9.69. The highest BCUT2D eigenvalue weighted by molar-refractivity contribution is 5.97. The molecule has 12 nitrogen and oxygen atoms in total. The number of alkyl carbamates (subject to hydrolysis) is 1. The number of methoxy groups -OCH3 is 1. The second kappa shape index (κ2) is 12.6. The Kier molecular flexibility index (Phi) is 9.29. The van der Waals surface area contributed by atoms with Gasteiger partial charge in [0.15, 0.2) is 11.6 Å². The number of halogens is 3. The van der Waals surface area contributed by atoms with Crippen molar-refractivity contribution in [2.45, 2.75) is 19.1 Å². The third-order valence-corrected chi connectivity index (χ3v) is 5.34. The van der Waals surface area contributed by atoms with Crippen LogP contribution in [0.15, 0.2) is 30.5 Å². The molecular formula is C23H25F3N6O6. The maximum atomic E-state index is 14.6. The standard InChI is InChI=1S/C23H25F3N6O6/c1-12(31-21(34)15-4-3-5-28-19(15)26)20(33)29-7-6-27-18-16(24)8-13(9-17(18)25)32-11-14(38-23(32)36)10-30-22(35)37-2/h3-5,8-9,12,14,27H,6-7,10-11H2,1-2H3,(H,29,33)(H,30,35)(H,31,34)/t12-,14-/m0/s1. The monoisotopic (exact) mass is 538 g/mol. The molecule has 4 amide bonds. The summed E-state index contributed by atoms with van der Waals surface area (Å²) >= 11 is 0. The Morgan fingerprint density at radius 1 is 1.18 bits per heavy atom. The molecule has 0 bridgehead atoms. The first-order chi connectivity index (χ1) is 18.1. The first-order valence-electron chi connectivity index (χ1n) is 11.3. The molecule has 0 saturated carbocycles. The number of ether oxygens (including phenoxy) is 2. The highest BCUT2D eigenvalue weighted by atomic mass is 19.1. The Labute approximate surface area is 214 Å². The van der Waals surface area contributed by atoms with Gasteiger partial charge in [-0.2, -0.15) is 4.39 Å². The molecule has 0 radical (unpaired) electrons. The van der Waals surface area contributed by atoms with Crippen molar-refractivity contribution in [3.8, 4) is 0 Å². The molecule has 1 aliphatic rings. The largest absolute Gasteiger partial charge is 0.453 e. The molecule has 204 valence electrons. The van der Waals surface area contributed by atoms with Crippen LogP contribution in [0.5, 0.6) is 0 Å². The third-order valence-electron chi connectivity index (χ3n) is 5.34.